The number of nitrogens with one attached hydrogen (secondary N) is 1. The standard InChI is InChI=1S/C12H21NO2/c1-6-7-8-9-10(2)13-11(14)15-12(3,4)5/h10H,8-9H2,1-5H3,(H,13,14). The Kier molecular flexibility index (Phi) is 5.84. The van der Waals surface area contributed by atoms with Gasteiger partial charge < -0.3 is 10.1 Å². The highest BCUT2D eigenvalue weighted by atomic mass is 16.6. The fourth-order valence-electron chi connectivity index (χ4n) is 0.995. The van der Waals surface area contributed by atoms with Crippen LogP contribution in [0.5, 0.6) is 0 Å². The second-order valence-corrected chi connectivity index (χ2v) is 4.51. The van der Waals surface area contributed by atoms with Gasteiger partial charge in [-0.3, -0.25) is 0 Å². The molecule has 0 heterocycles. The van der Waals surface area contributed by atoms with Crippen LogP contribution in [0.3, 0.4) is 0 Å². The van der Waals surface area contributed by atoms with Gasteiger partial charge in [0.1, 0.15) is 5.60 Å². The minimum atomic E-state index is -0.437. The van der Waals surface area contributed by atoms with E-state index in [1.54, 1.807) is 0 Å². The van der Waals surface area contributed by atoms with Crippen molar-refractivity contribution in [2.24, 2.45) is 0 Å². The molecule has 3 heteroatoms. The molecule has 0 aromatic rings. The molecule has 15 heavy (non-hydrogen) atoms. The molecule has 86 valence electrons. The Morgan fingerprint density at radius 3 is 2.53 bits per heavy atom. The van der Waals surface area contributed by atoms with E-state index in [9.17, 15) is 4.79 Å². The van der Waals surface area contributed by atoms with Gasteiger partial charge in [-0.25, -0.2) is 4.79 Å². The van der Waals surface area contributed by atoms with Crippen LogP contribution >= 0.6 is 0 Å². The van der Waals surface area contributed by atoms with Gasteiger partial charge in [-0.2, -0.15) is 0 Å². The van der Waals surface area contributed by atoms with Gasteiger partial charge in [0.05, 0.1) is 0 Å². The van der Waals surface area contributed by atoms with Crippen LogP contribution in [0.2, 0.25) is 0 Å². The molecule has 1 atom stereocenters. The average molecular weight is 211 g/mol. The average Bonchev–Trinajstić information content (AvgIpc) is 2.00. The second-order valence-electron chi connectivity index (χ2n) is 4.51. The lowest BCUT2D eigenvalue weighted by Crippen LogP contribution is -2.37. The Labute approximate surface area is 92.6 Å². The maximum Gasteiger partial charge on any atom is 0.407 e. The van der Waals surface area contributed by atoms with Gasteiger partial charge in [0.2, 0.25) is 0 Å². The molecule has 3 nitrogen and oxygen atoms in total. The molecule has 1 amide bonds. The van der Waals surface area contributed by atoms with E-state index in [1.165, 1.54) is 0 Å². The summed E-state index contributed by atoms with van der Waals surface area (Å²) < 4.78 is 5.13. The lowest BCUT2D eigenvalue weighted by Gasteiger charge is -2.21. The summed E-state index contributed by atoms with van der Waals surface area (Å²) in [5.41, 5.74) is -0.437. The summed E-state index contributed by atoms with van der Waals surface area (Å²) in [6.07, 6.45) is 1.28. The summed E-state index contributed by atoms with van der Waals surface area (Å²) >= 11 is 0. The van der Waals surface area contributed by atoms with Gasteiger partial charge in [0, 0.05) is 12.5 Å². The summed E-state index contributed by atoms with van der Waals surface area (Å²) in [5.74, 6) is 5.78. The van der Waals surface area contributed by atoms with Crippen molar-refractivity contribution in [1.82, 2.24) is 5.32 Å². The van der Waals surface area contributed by atoms with Crippen LogP contribution in [0, 0.1) is 11.8 Å². The van der Waals surface area contributed by atoms with Gasteiger partial charge in [0.15, 0.2) is 0 Å². The first-order chi connectivity index (χ1) is 6.85. The van der Waals surface area contributed by atoms with Crippen LogP contribution in [0.15, 0.2) is 0 Å². The van der Waals surface area contributed by atoms with Crippen molar-refractivity contribution in [3.05, 3.63) is 0 Å². The molecule has 0 spiro atoms. The van der Waals surface area contributed by atoms with E-state index in [-0.39, 0.29) is 12.1 Å². The molecular formula is C12H21NO2. The Bertz CT molecular complexity index is 255. The van der Waals surface area contributed by atoms with Crippen LogP contribution in [0.1, 0.15) is 47.5 Å². The lowest BCUT2D eigenvalue weighted by molar-refractivity contribution is 0.0507. The molecule has 1 unspecified atom stereocenters. The third-order valence-corrected chi connectivity index (χ3v) is 1.64. The van der Waals surface area contributed by atoms with E-state index in [1.807, 2.05) is 34.6 Å². The number of alkyl carbamates (subject to hydrolysis) is 1. The first-order valence-corrected chi connectivity index (χ1v) is 5.24. The predicted molar refractivity (Wildman–Crippen MR) is 61.5 cm³/mol. The van der Waals surface area contributed by atoms with Crippen molar-refractivity contribution in [3.8, 4) is 11.8 Å². The molecule has 0 aliphatic heterocycles. The van der Waals surface area contributed by atoms with Crippen molar-refractivity contribution in [2.45, 2.75) is 59.1 Å². The summed E-state index contributed by atoms with van der Waals surface area (Å²) in [5, 5.41) is 2.77. The van der Waals surface area contributed by atoms with Crippen molar-refractivity contribution in [3.63, 3.8) is 0 Å². The van der Waals surface area contributed by atoms with Crippen LogP contribution in [-0.2, 0) is 4.74 Å². The number of hydrogen-bond acceptors (Lipinski definition) is 2. The molecular weight excluding hydrogens is 190 g/mol. The SMILES string of the molecule is CC#CCCC(C)NC(=O)OC(C)(C)C. The highest BCUT2D eigenvalue weighted by molar-refractivity contribution is 5.67. The number of carbonyl (C=O) groups excluding carboxylic acids is 1. The van der Waals surface area contributed by atoms with Crippen LogP contribution < -0.4 is 5.32 Å². The molecule has 1 N–H and O–H groups in total. The smallest absolute Gasteiger partial charge is 0.407 e. The number of rotatable bonds is 3. The van der Waals surface area contributed by atoms with Crippen LogP contribution in [-0.4, -0.2) is 17.7 Å². The fourth-order valence-corrected chi connectivity index (χ4v) is 0.995. The zero-order valence-electron chi connectivity index (χ0n) is 10.3. The Hall–Kier alpha value is -1.17. The Balaban J connectivity index is 3.80. The van der Waals surface area contributed by atoms with Crippen molar-refractivity contribution < 1.29 is 9.53 Å². The Morgan fingerprint density at radius 2 is 2.07 bits per heavy atom. The van der Waals surface area contributed by atoms with Crippen molar-refractivity contribution in [2.75, 3.05) is 0 Å². The van der Waals surface area contributed by atoms with Crippen LogP contribution in [0.25, 0.3) is 0 Å². The van der Waals surface area contributed by atoms with Gasteiger partial charge in [-0.15, -0.1) is 11.8 Å². The quantitative estimate of drug-likeness (QED) is 0.729. The zero-order chi connectivity index (χ0) is 11.9. The monoisotopic (exact) mass is 211 g/mol. The third-order valence-electron chi connectivity index (χ3n) is 1.64. The van der Waals surface area contributed by atoms with Crippen LogP contribution in [0.4, 0.5) is 4.79 Å². The summed E-state index contributed by atoms with van der Waals surface area (Å²) in [6, 6.07) is 0.0979. The molecule has 0 radical (unpaired) electrons. The van der Waals surface area contributed by atoms with E-state index >= 15 is 0 Å². The highest BCUT2D eigenvalue weighted by Gasteiger charge is 2.17. The molecule has 0 fully saturated rings. The molecule has 0 aromatic heterocycles. The third kappa shape index (κ3) is 9.14. The largest absolute Gasteiger partial charge is 0.444 e. The molecule has 0 rings (SSSR count). The first kappa shape index (κ1) is 13.8. The topological polar surface area (TPSA) is 38.3 Å². The molecule has 0 aliphatic carbocycles. The Morgan fingerprint density at radius 1 is 1.47 bits per heavy atom. The van der Waals surface area contributed by atoms with Gasteiger partial charge in [0.25, 0.3) is 0 Å². The molecule has 0 aliphatic rings. The van der Waals surface area contributed by atoms with E-state index in [4.69, 9.17) is 4.74 Å². The normalized spacial score (nSPS) is 12.3. The van der Waals surface area contributed by atoms with Crippen molar-refractivity contribution >= 4 is 6.09 Å². The number of hydrogen-bond donors (Lipinski definition) is 1. The number of amides is 1. The fraction of sp³-hybridized carbons (Fsp3) is 0.750. The molecule has 0 bridgehead atoms. The molecule has 0 saturated heterocycles. The minimum absolute atomic E-state index is 0.0979. The van der Waals surface area contributed by atoms with E-state index < -0.39 is 5.60 Å². The highest BCUT2D eigenvalue weighted by Crippen LogP contribution is 2.07. The maximum absolute atomic E-state index is 11.3. The summed E-state index contributed by atoms with van der Waals surface area (Å²) in [4.78, 5) is 11.3. The summed E-state index contributed by atoms with van der Waals surface area (Å²) in [7, 11) is 0. The second kappa shape index (κ2) is 6.34. The number of ether oxygens (including phenoxy) is 1. The van der Waals surface area contributed by atoms with E-state index in [0.717, 1.165) is 12.8 Å². The minimum Gasteiger partial charge on any atom is -0.444 e. The molecule has 0 aromatic carbocycles. The van der Waals surface area contributed by atoms with Gasteiger partial charge in [-0.05, 0) is 41.0 Å². The van der Waals surface area contributed by atoms with Crippen molar-refractivity contribution in [1.29, 1.82) is 0 Å². The summed E-state index contributed by atoms with van der Waals surface area (Å²) in [6.45, 7) is 9.30. The lowest BCUT2D eigenvalue weighted by atomic mass is 10.2. The van der Waals surface area contributed by atoms with E-state index in [0.29, 0.717) is 0 Å². The van der Waals surface area contributed by atoms with Gasteiger partial charge in [-0.1, -0.05) is 0 Å². The number of carbonyl (C=O) groups is 1. The maximum atomic E-state index is 11.3. The predicted octanol–water partition coefficient (Wildman–Crippen LogP) is 2.70. The first-order valence-electron chi connectivity index (χ1n) is 5.24. The van der Waals surface area contributed by atoms with Gasteiger partial charge >= 0.3 is 6.09 Å². The zero-order valence-corrected chi connectivity index (χ0v) is 10.3. The molecule has 0 saturated carbocycles. The van der Waals surface area contributed by atoms with E-state index in [2.05, 4.69) is 17.2 Å².